The van der Waals surface area contributed by atoms with Crippen LogP contribution in [0.25, 0.3) is 0 Å². The fourth-order valence-corrected chi connectivity index (χ4v) is 10.6. The van der Waals surface area contributed by atoms with E-state index in [1.165, 1.54) is 25.7 Å². The Labute approximate surface area is 559 Å². The molecule has 2 aromatic carbocycles. The van der Waals surface area contributed by atoms with Crippen molar-refractivity contribution in [3.05, 3.63) is 59.7 Å². The first-order valence-corrected chi connectivity index (χ1v) is 34.0. The van der Waals surface area contributed by atoms with E-state index in [-0.39, 0.29) is 55.8 Å². The number of nitrogens with two attached hydrogens (primary N) is 1. The minimum Gasteiger partial charge on any atom is -0.497 e. The second-order valence-electron chi connectivity index (χ2n) is 27.5. The fraction of sp³-hybridized carbons (Fsp3) is 0.690. The van der Waals surface area contributed by atoms with Crippen molar-refractivity contribution in [2.24, 2.45) is 35.3 Å². The van der Waals surface area contributed by atoms with Crippen LogP contribution in [0.4, 0.5) is 0 Å². The number of methoxy groups -OCH3 is 2. The molecule has 0 aliphatic carbocycles. The number of aliphatic carboxylic acids is 1. The van der Waals surface area contributed by atoms with Gasteiger partial charge in [-0.25, -0.2) is 4.79 Å². The number of benzene rings is 2. The Morgan fingerprint density at radius 2 is 0.915 bits per heavy atom. The van der Waals surface area contributed by atoms with Gasteiger partial charge < -0.3 is 67.0 Å². The number of rotatable bonds is 45. The maximum absolute atomic E-state index is 14.6. The van der Waals surface area contributed by atoms with Crippen molar-refractivity contribution in [1.29, 1.82) is 0 Å². The highest BCUT2D eigenvalue weighted by atomic mass is 16.6. The van der Waals surface area contributed by atoms with Crippen LogP contribution in [-0.4, -0.2) is 133 Å². The molecule has 530 valence electrons. The highest BCUT2D eigenvalue weighted by molar-refractivity contribution is 5.98. The third-order valence-corrected chi connectivity index (χ3v) is 16.0. The molecule has 0 aliphatic heterocycles. The summed E-state index contributed by atoms with van der Waals surface area (Å²) in [7, 11) is 3.11. The zero-order valence-corrected chi connectivity index (χ0v) is 59.2. The van der Waals surface area contributed by atoms with Gasteiger partial charge in [-0.15, -0.1) is 0 Å². The Bertz CT molecular complexity index is 2630. The number of unbranched alkanes of at least 4 members (excludes halogenated alkanes) is 8. The molecule has 0 fully saturated rings. The average molecular weight is 1320 g/mol. The number of nitrogens with one attached hydrogen (secondary N) is 7. The number of ether oxygens (including phenoxy) is 4. The van der Waals surface area contributed by atoms with Crippen molar-refractivity contribution in [2.45, 2.75) is 273 Å². The third-order valence-electron chi connectivity index (χ3n) is 16.0. The predicted octanol–water partition coefficient (Wildman–Crippen LogP) is 8.81. The van der Waals surface area contributed by atoms with Crippen molar-refractivity contribution in [3.63, 3.8) is 0 Å². The van der Waals surface area contributed by atoms with Gasteiger partial charge in [-0.2, -0.15) is 0 Å². The molecule has 0 bridgehead atoms. The maximum Gasteiger partial charge on any atom is 0.329 e. The number of hydrogen-bond donors (Lipinski definition) is 9. The number of carbonyl (C=O) groups is 10. The Kier molecular flexibility index (Phi) is 37.8. The van der Waals surface area contributed by atoms with E-state index in [1.807, 2.05) is 72.7 Å². The van der Waals surface area contributed by atoms with Gasteiger partial charge in [-0.05, 0) is 124 Å². The summed E-state index contributed by atoms with van der Waals surface area (Å²) in [6, 6.07) is 4.71. The summed E-state index contributed by atoms with van der Waals surface area (Å²) >= 11 is 0. The molecule has 2 rings (SSSR count). The van der Waals surface area contributed by atoms with E-state index < -0.39 is 138 Å². The lowest BCUT2D eigenvalue weighted by Crippen LogP contribution is -2.61. The van der Waals surface area contributed by atoms with Gasteiger partial charge in [-0.3, -0.25) is 43.2 Å². The number of carboxylic acid groups (broad SMARTS) is 1. The van der Waals surface area contributed by atoms with Gasteiger partial charge in [0.2, 0.25) is 41.4 Å². The Balaban J connectivity index is 2.36. The van der Waals surface area contributed by atoms with E-state index in [4.69, 9.17) is 24.7 Å². The van der Waals surface area contributed by atoms with Crippen LogP contribution in [0.2, 0.25) is 0 Å². The van der Waals surface area contributed by atoms with Crippen LogP contribution < -0.4 is 52.4 Å². The highest BCUT2D eigenvalue weighted by Crippen LogP contribution is 2.27. The summed E-state index contributed by atoms with van der Waals surface area (Å²) in [5, 5.41) is 29.2. The van der Waals surface area contributed by atoms with Crippen molar-refractivity contribution in [2.75, 3.05) is 14.2 Å². The zero-order chi connectivity index (χ0) is 70.8. The fourth-order valence-electron chi connectivity index (χ4n) is 10.6. The lowest BCUT2D eigenvalue weighted by atomic mass is 9.97. The second-order valence-corrected chi connectivity index (χ2v) is 27.5. The number of esters is 2. The largest absolute Gasteiger partial charge is 0.497 e. The highest BCUT2D eigenvalue weighted by Gasteiger charge is 2.38. The molecule has 94 heavy (non-hydrogen) atoms. The van der Waals surface area contributed by atoms with Crippen molar-refractivity contribution in [1.82, 2.24) is 37.2 Å². The van der Waals surface area contributed by atoms with E-state index in [0.29, 0.717) is 30.8 Å². The predicted molar refractivity (Wildman–Crippen MR) is 362 cm³/mol. The number of carboxylic acids is 1. The molecule has 23 nitrogen and oxygen atoms in total. The molecule has 0 saturated carbocycles. The molecule has 23 heteroatoms. The van der Waals surface area contributed by atoms with Crippen LogP contribution in [0.5, 0.6) is 11.5 Å². The lowest BCUT2D eigenvalue weighted by Gasteiger charge is -2.30. The van der Waals surface area contributed by atoms with Crippen molar-refractivity contribution >= 4 is 59.3 Å². The lowest BCUT2D eigenvalue weighted by molar-refractivity contribution is -0.159. The standard InChI is InChI=1S/C71H116N8O15/c1-17-19-20-21-22-23-24-25-26-27-52(41-59(81)82)93-70(90)62(47(11)18-2)79-68(88)56(40-45(7)8)75-66(86)57(42-60(83)94-71(12,13)14)76-69(89)61(46(9)10)78-67(87)55(39-44(5)6)74-65(85)54(38-43(3)4)73-64(84)53(72)36-37-58(80)77-63(48-28-32-50(91-15)33-29-48)49-30-34-51(92-16)35-31-49/h28-35,43-47,52-57,61-63H,17-27,36-42,72H2,1-16H3,(H,73,84)(H,74,85)(H,75,86)(H,76,89)(H,77,80)(H,78,87)(H,79,88)(H,81,82)/t47-,52?,53-,54-,55+,56-,57-,61-,62-/m0/s1. The van der Waals surface area contributed by atoms with Gasteiger partial charge in [0, 0.05) is 6.42 Å². The van der Waals surface area contributed by atoms with E-state index in [2.05, 4.69) is 44.1 Å². The first kappa shape index (κ1) is 82.8. The van der Waals surface area contributed by atoms with Crippen LogP contribution in [0.3, 0.4) is 0 Å². The summed E-state index contributed by atoms with van der Waals surface area (Å²) in [6.45, 7) is 24.9. The number of amides is 7. The molecule has 9 atom stereocenters. The molecular weight excluding hydrogens is 1200 g/mol. The molecule has 2 aromatic rings. The molecule has 0 spiro atoms. The normalized spacial score (nSPS) is 14.5. The van der Waals surface area contributed by atoms with Gasteiger partial charge in [-0.1, -0.05) is 158 Å². The van der Waals surface area contributed by atoms with Gasteiger partial charge in [0.05, 0.1) is 39.1 Å². The summed E-state index contributed by atoms with van der Waals surface area (Å²) in [5.74, 6) is -8.33. The molecule has 0 radical (unpaired) electrons. The van der Waals surface area contributed by atoms with Gasteiger partial charge >= 0.3 is 17.9 Å². The van der Waals surface area contributed by atoms with Crippen molar-refractivity contribution in [3.8, 4) is 11.5 Å². The summed E-state index contributed by atoms with van der Waals surface area (Å²) < 4.78 is 22.1. The van der Waals surface area contributed by atoms with Gasteiger partial charge in [0.15, 0.2) is 0 Å². The monoisotopic (exact) mass is 1320 g/mol. The SMILES string of the molecule is CCCCCCCCCCCC(CC(=O)O)OC(=O)[C@@H](NC(=O)[C@H](CC(C)C)NC(=O)[C@H](CC(=O)OC(C)(C)C)NC(=O)[C@@H](NC(=O)[C@@H](CC(C)C)NC(=O)[C@H](CC(C)C)NC(=O)[C@@H](N)CCC(=O)NC(c1ccc(OC)cc1)c1ccc(OC)cc1)C(C)C)[C@@H](C)CC. The number of hydrogen-bond acceptors (Lipinski definition) is 15. The molecule has 0 heterocycles. The quantitative estimate of drug-likeness (QED) is 0.0221. The molecule has 0 aliphatic rings. The third kappa shape index (κ3) is 32.2. The summed E-state index contributed by atoms with van der Waals surface area (Å²) in [4.78, 5) is 139. The van der Waals surface area contributed by atoms with Crippen LogP contribution in [0.1, 0.15) is 230 Å². The van der Waals surface area contributed by atoms with Crippen LogP contribution in [0, 0.1) is 29.6 Å². The molecular formula is C71H116N8O15. The Hall–Kier alpha value is -7.30. The maximum atomic E-state index is 14.6. The summed E-state index contributed by atoms with van der Waals surface area (Å²) in [6.07, 6.45) is 8.19. The van der Waals surface area contributed by atoms with E-state index in [9.17, 15) is 53.1 Å². The smallest absolute Gasteiger partial charge is 0.329 e. The second kappa shape index (κ2) is 42.9. The van der Waals surface area contributed by atoms with Crippen LogP contribution in [0.15, 0.2) is 48.5 Å². The van der Waals surface area contributed by atoms with E-state index in [1.54, 1.807) is 80.0 Å². The Morgan fingerprint density at radius 3 is 1.33 bits per heavy atom. The zero-order valence-electron chi connectivity index (χ0n) is 59.2. The molecule has 0 saturated heterocycles. The van der Waals surface area contributed by atoms with Gasteiger partial charge in [0.25, 0.3) is 0 Å². The topological polar surface area (TPSA) is 338 Å². The first-order chi connectivity index (χ1) is 44.2. The number of carbonyl (C=O) groups excluding carboxylic acids is 9. The molecule has 10 N–H and O–H groups in total. The minimum atomic E-state index is -1.67. The van der Waals surface area contributed by atoms with E-state index in [0.717, 1.165) is 36.8 Å². The molecule has 1 unspecified atom stereocenters. The first-order valence-electron chi connectivity index (χ1n) is 34.0. The van der Waals surface area contributed by atoms with Crippen molar-refractivity contribution < 1.29 is 72.0 Å². The molecule has 7 amide bonds. The van der Waals surface area contributed by atoms with Gasteiger partial charge in [0.1, 0.15) is 59.5 Å². The van der Waals surface area contributed by atoms with Crippen LogP contribution >= 0.6 is 0 Å². The van der Waals surface area contributed by atoms with Crippen LogP contribution in [-0.2, 0) is 57.4 Å². The average Bonchev–Trinajstić information content (AvgIpc) is 0.927. The minimum absolute atomic E-state index is 0.0493. The molecule has 0 aromatic heterocycles. The Morgan fingerprint density at radius 1 is 0.500 bits per heavy atom. The summed E-state index contributed by atoms with van der Waals surface area (Å²) in [5.41, 5.74) is 6.94. The van der Waals surface area contributed by atoms with E-state index >= 15 is 0 Å².